The van der Waals surface area contributed by atoms with Gasteiger partial charge < -0.3 is 26.9 Å². The van der Waals surface area contributed by atoms with E-state index in [1.807, 2.05) is 61.2 Å². The Bertz CT molecular complexity index is 9730. The molecule has 1 aliphatic heterocycles. The van der Waals surface area contributed by atoms with Crippen LogP contribution in [0.2, 0.25) is 0 Å². The van der Waals surface area contributed by atoms with Gasteiger partial charge in [0.2, 0.25) is 0 Å². The van der Waals surface area contributed by atoms with Crippen molar-refractivity contribution in [2.24, 2.45) is 5.41 Å². The van der Waals surface area contributed by atoms with E-state index < -0.39 is 0 Å². The summed E-state index contributed by atoms with van der Waals surface area (Å²) >= 11 is 0. The molecule has 26 aromatic rings. The molecule has 0 atom stereocenters. The van der Waals surface area contributed by atoms with Gasteiger partial charge in [0.25, 0.3) is 0 Å². The fraction of sp³-hybridized carbons (Fsp3) is 0.180. The number of imidazole rings is 5. The Morgan fingerprint density at radius 1 is 0.248 bits per heavy atom. The van der Waals surface area contributed by atoms with Crippen LogP contribution in [-0.4, -0.2) is 60.0 Å². The standard InChI is InChI=1S/C31H25N2.C28H26N3.C28H25N2.C26H23N2.C20H13N2.5Ir/c1-19-16-27-25-12-8-9-13-26(25)31-32-18-29(33(31)28(27)17-20(19)2)30-21(3)14-24(15-22(30)4)23-10-6-5-7-11-23;1-19-9-8-10-20(2)27(19)26-18-29-28-23-12-5-4-11-22(23)24-17-21(13-14-25(24)31(26)28)30-15-6-3-7-16-30;1-17-8-7-9-18(2)26(17)25-16-29-27-22-11-6-5-10-21(22)23-12-19-14-28(3,4)15-20(19)13-24(23)30(25)27;1-15-10-18(4)25(19(5)11-15)24-14-27-26-21-9-7-6-8-20(21)22-12-16(2)17(3)13-23(22)28(24)26;1-13-10-11-17-19(12-13)22-18-9-5-4-7-15(18)14-6-2-3-8-16(14)20(22)21-17;;;;;/h5-12,14-18H,1-4H3;4-5,8-11,13-14,17-18H,3,6-7,15-16H2,1-2H3;5-10,12-13,16H,14-15H2,1-4H3;6-8,10-14H,1-5H3;2-7,9-12H,1H3;;;;;/q5*-1;;;;;. The molecule has 0 unspecified atom stereocenters. The summed E-state index contributed by atoms with van der Waals surface area (Å²) in [7, 11) is 0. The Balaban J connectivity index is 0.000000117. The molecular weight excluding hydrogens is 2710 g/mol. The second-order valence-corrected chi connectivity index (χ2v) is 41.3. The van der Waals surface area contributed by atoms with Crippen molar-refractivity contribution in [2.75, 3.05) is 18.0 Å². The summed E-state index contributed by atoms with van der Waals surface area (Å²) in [5.74, 6) is 0. The third kappa shape index (κ3) is 18.3. The zero-order valence-corrected chi connectivity index (χ0v) is 98.4. The molecule has 11 heterocycles. The number of benzene rings is 16. The van der Waals surface area contributed by atoms with Crippen molar-refractivity contribution in [3.05, 3.63) is 423 Å². The molecule has 10 aromatic heterocycles. The van der Waals surface area contributed by atoms with Gasteiger partial charge in [0.1, 0.15) is 0 Å². The average Bonchev–Trinajstić information content (AvgIpc) is 1.47. The van der Waals surface area contributed by atoms with Crippen LogP contribution >= 0.6 is 0 Å². The van der Waals surface area contributed by atoms with Gasteiger partial charge in [-0.3, -0.25) is 24.9 Å². The largest absolute Gasteiger partial charge is 0.372 e. The quantitative estimate of drug-likeness (QED) is 0.122. The van der Waals surface area contributed by atoms with Crippen LogP contribution < -0.4 is 4.90 Å². The van der Waals surface area contributed by atoms with E-state index >= 15 is 0 Å². The van der Waals surface area contributed by atoms with Gasteiger partial charge in [-0.05, 0) is 311 Å². The predicted octanol–water partition coefficient (Wildman–Crippen LogP) is 33.1. The molecule has 0 saturated carbocycles. The summed E-state index contributed by atoms with van der Waals surface area (Å²) in [6.45, 7) is 37.6. The van der Waals surface area contributed by atoms with Crippen molar-refractivity contribution in [1.82, 2.24) is 46.9 Å². The summed E-state index contributed by atoms with van der Waals surface area (Å²) < 4.78 is 11.6. The Morgan fingerprint density at radius 3 is 1.07 bits per heavy atom. The zero-order valence-electron chi connectivity index (χ0n) is 86.4. The minimum Gasteiger partial charge on any atom is -0.372 e. The molecule has 1 saturated heterocycles. The number of nitrogens with zero attached hydrogens (tertiary/aromatic N) is 11. The molecule has 1 fully saturated rings. The van der Waals surface area contributed by atoms with Crippen molar-refractivity contribution in [1.29, 1.82) is 0 Å². The number of anilines is 1. The molecule has 149 heavy (non-hydrogen) atoms. The van der Waals surface area contributed by atoms with Crippen molar-refractivity contribution in [3.8, 4) is 56.2 Å². The maximum Gasteiger partial charge on any atom is 0.0774 e. The third-order valence-electron chi connectivity index (χ3n) is 30.7. The number of para-hydroxylation sites is 1. The monoisotopic (exact) mass is 2830 g/mol. The van der Waals surface area contributed by atoms with Crippen LogP contribution in [-0.2, 0) is 113 Å². The van der Waals surface area contributed by atoms with Gasteiger partial charge in [-0.25, -0.2) is 0 Å². The maximum atomic E-state index is 4.92. The number of rotatable bonds is 6. The topological polar surface area (TPSA) is 89.7 Å². The van der Waals surface area contributed by atoms with Gasteiger partial charge in [-0.1, -0.05) is 180 Å². The molecule has 749 valence electrons. The zero-order chi connectivity index (χ0) is 98.5. The molecule has 28 rings (SSSR count). The first-order chi connectivity index (χ1) is 70.0. The minimum atomic E-state index is 0. The smallest absolute Gasteiger partial charge is 0.0774 e. The summed E-state index contributed by atoms with van der Waals surface area (Å²) in [6.07, 6.45) is 14.3. The molecule has 0 spiro atoms. The van der Waals surface area contributed by atoms with Crippen LogP contribution in [0.4, 0.5) is 5.69 Å². The fourth-order valence-electron chi connectivity index (χ4n) is 23.9. The van der Waals surface area contributed by atoms with Crippen LogP contribution in [0.15, 0.2) is 304 Å². The van der Waals surface area contributed by atoms with Gasteiger partial charge in [-0.2, -0.15) is 0 Å². The second-order valence-electron chi connectivity index (χ2n) is 41.3. The molecule has 1 aliphatic carbocycles. The Morgan fingerprint density at radius 2 is 0.611 bits per heavy atom. The average molecular weight is 2830 g/mol. The molecule has 2 aliphatic rings. The van der Waals surface area contributed by atoms with E-state index in [9.17, 15) is 0 Å². The van der Waals surface area contributed by atoms with E-state index in [0.717, 1.165) is 109 Å². The first kappa shape index (κ1) is 104. The Hall–Kier alpha value is -13.1. The van der Waals surface area contributed by atoms with Crippen LogP contribution in [0.25, 0.3) is 204 Å². The van der Waals surface area contributed by atoms with E-state index in [4.69, 9.17) is 24.9 Å². The molecule has 5 radical (unpaired) electrons. The predicted molar refractivity (Wildman–Crippen MR) is 603 cm³/mol. The summed E-state index contributed by atoms with van der Waals surface area (Å²) in [5.41, 5.74) is 47.8. The summed E-state index contributed by atoms with van der Waals surface area (Å²) in [5, 5.41) is 17.8. The van der Waals surface area contributed by atoms with Gasteiger partial charge in [0.05, 0.1) is 62.0 Å². The Kier molecular flexibility index (Phi) is 29.4. The van der Waals surface area contributed by atoms with Crippen LogP contribution in [0.5, 0.6) is 0 Å². The second kappa shape index (κ2) is 42.0. The van der Waals surface area contributed by atoms with Gasteiger partial charge in [-0.15, -0.1) is 148 Å². The van der Waals surface area contributed by atoms with Gasteiger partial charge in [0, 0.05) is 194 Å². The third-order valence-corrected chi connectivity index (χ3v) is 30.7. The van der Waals surface area contributed by atoms with Crippen molar-refractivity contribution >= 4 is 153 Å². The normalized spacial score (nSPS) is 12.7. The summed E-state index contributed by atoms with van der Waals surface area (Å²) in [6, 6.07) is 117. The minimum absolute atomic E-state index is 0. The molecule has 16 aromatic carbocycles. The molecule has 11 nitrogen and oxygen atoms in total. The number of aryl methyl sites for hydroxylation is 14. The van der Waals surface area contributed by atoms with Crippen LogP contribution in [0.1, 0.15) is 122 Å². The Labute approximate surface area is 937 Å². The molecule has 0 N–H and O–H groups in total. The van der Waals surface area contributed by atoms with Crippen molar-refractivity contribution < 1.29 is 101 Å². The number of aromatic nitrogens is 10. The van der Waals surface area contributed by atoms with Gasteiger partial charge >= 0.3 is 0 Å². The van der Waals surface area contributed by atoms with E-state index in [1.54, 1.807) is 0 Å². The first-order valence-corrected chi connectivity index (χ1v) is 50.6. The maximum absolute atomic E-state index is 4.92. The van der Waals surface area contributed by atoms with Crippen molar-refractivity contribution in [2.45, 2.75) is 143 Å². The van der Waals surface area contributed by atoms with E-state index in [2.05, 4.69) is 411 Å². The van der Waals surface area contributed by atoms with E-state index in [0.29, 0.717) is 5.41 Å². The van der Waals surface area contributed by atoms with E-state index in [-0.39, 0.29) is 101 Å². The molecule has 16 heteroatoms. The first-order valence-electron chi connectivity index (χ1n) is 50.6. The molecular formula is C133H112Ir5N11-5. The number of hydrogen-bond donors (Lipinski definition) is 0. The number of piperidine rings is 1. The number of pyridine rings is 5. The SMILES string of the molecule is Cc1cc(C)c(-c2cnc3c4[c-]cccc4c4cc(C)c(C)cc4n23)c(C)c1.Cc1cc2c3ccc[c-]c3c3ncc(-c4c(C)cc(-c5ccccc5)cc4C)n3c2cc1C.Cc1ccc2nc3c4[c-]cccc4c4ccccc4n3c2c1.Cc1cccc(C)c1-c1cnc2c3[c-]cccc3c3cc(N4CCCCC4)ccc3n12.Cc1cccc(C)c1-c1cnc2c3[c-]cccc3c3cc4c(cc3n12)CC(C)(C)C4.[Ir].[Ir].[Ir].[Ir].[Ir]. The van der Waals surface area contributed by atoms with Crippen LogP contribution in [0.3, 0.4) is 0 Å². The fourth-order valence-corrected chi connectivity index (χ4v) is 23.9. The van der Waals surface area contributed by atoms with E-state index in [1.165, 1.54) is 234 Å². The summed E-state index contributed by atoms with van der Waals surface area (Å²) in [4.78, 5) is 27.0. The molecule has 0 amide bonds. The number of hydrogen-bond acceptors (Lipinski definition) is 6. The number of fused-ring (bicyclic) bond motifs is 33. The molecule has 0 bridgehead atoms. The van der Waals surface area contributed by atoms with Crippen molar-refractivity contribution in [3.63, 3.8) is 0 Å². The van der Waals surface area contributed by atoms with Gasteiger partial charge in [0.15, 0.2) is 0 Å². The van der Waals surface area contributed by atoms with Crippen LogP contribution in [0, 0.1) is 133 Å².